The van der Waals surface area contributed by atoms with E-state index in [0.29, 0.717) is 25.7 Å². The summed E-state index contributed by atoms with van der Waals surface area (Å²) < 4.78 is 60.8. The van der Waals surface area contributed by atoms with Crippen LogP contribution in [0.5, 0.6) is 0 Å². The minimum Gasteiger partial charge on any atom is -0.463 e. The molecule has 18 heteroatoms. The number of carbonyl (C=O) groups is 3. The summed E-state index contributed by atoms with van der Waals surface area (Å²) in [5.74, 6) is -1.71. The predicted molar refractivity (Wildman–Crippen MR) is 380 cm³/mol. The molecule has 0 rings (SSSR count). The molecule has 0 aliphatic heterocycles. The van der Waals surface area contributed by atoms with Crippen molar-refractivity contribution in [2.45, 2.75) is 257 Å². The second-order valence-electron chi connectivity index (χ2n) is 22.6. The molecule has 0 spiro atoms. The largest absolute Gasteiger partial charge is 0.472 e. The molecule has 16 nitrogen and oxygen atoms in total. The first-order valence-electron chi connectivity index (χ1n) is 34.8. The minimum atomic E-state index is -4.95. The van der Waals surface area contributed by atoms with Crippen LogP contribution in [0.1, 0.15) is 239 Å². The van der Waals surface area contributed by atoms with E-state index in [1.165, 1.54) is 25.7 Å². The van der Waals surface area contributed by atoms with Crippen LogP contribution in [0.2, 0.25) is 0 Å². The first-order valence-corrected chi connectivity index (χ1v) is 37.8. The zero-order valence-electron chi connectivity index (χ0n) is 57.1. The number of esters is 3. The van der Waals surface area contributed by atoms with Gasteiger partial charge in [-0.15, -0.1) is 0 Å². The van der Waals surface area contributed by atoms with E-state index in [0.717, 1.165) is 148 Å². The Labute approximate surface area is 561 Å². The maximum Gasteiger partial charge on any atom is 0.472 e. The molecule has 5 atom stereocenters. The Hall–Kier alpha value is -4.83. The van der Waals surface area contributed by atoms with Gasteiger partial charge in [0.1, 0.15) is 25.4 Å². The number of phosphoric acid groups is 2. The topological polar surface area (TPSA) is 231 Å². The Kier molecular flexibility index (Phi) is 63.7. The van der Waals surface area contributed by atoms with Crippen molar-refractivity contribution in [3.8, 4) is 0 Å². The molecule has 0 aliphatic rings. The third-order valence-corrected chi connectivity index (χ3v) is 15.6. The van der Waals surface area contributed by atoms with Gasteiger partial charge in [-0.05, 0) is 128 Å². The number of aliphatic hydroxyl groups excluding tert-OH is 2. The molecular formula is C75H122O16P2. The van der Waals surface area contributed by atoms with Gasteiger partial charge in [-0.2, -0.15) is 0 Å². The van der Waals surface area contributed by atoms with Gasteiger partial charge in [-0.25, -0.2) is 9.13 Å². The lowest BCUT2D eigenvalue weighted by molar-refractivity contribution is -0.161. The summed E-state index contributed by atoms with van der Waals surface area (Å²) in [6, 6.07) is 0. The van der Waals surface area contributed by atoms with E-state index in [9.17, 15) is 43.5 Å². The maximum atomic E-state index is 12.9. The molecule has 0 heterocycles. The fourth-order valence-electron chi connectivity index (χ4n) is 8.48. The summed E-state index contributed by atoms with van der Waals surface area (Å²) >= 11 is 0. The number of carbonyl (C=O) groups excluding carboxylic acids is 3. The van der Waals surface area contributed by atoms with E-state index in [1.54, 1.807) is 0 Å². The molecule has 0 bridgehead atoms. The minimum absolute atomic E-state index is 0.0368. The predicted octanol–water partition coefficient (Wildman–Crippen LogP) is 19.5. The van der Waals surface area contributed by atoms with Crippen molar-refractivity contribution >= 4 is 33.6 Å². The Morgan fingerprint density at radius 3 is 0.968 bits per heavy atom. The molecule has 0 amide bonds. The van der Waals surface area contributed by atoms with Crippen LogP contribution in [-0.4, -0.2) is 95.9 Å². The van der Waals surface area contributed by atoms with Gasteiger partial charge in [0.15, 0.2) is 6.10 Å². The summed E-state index contributed by atoms with van der Waals surface area (Å²) in [6.07, 6.45) is 81.7. The van der Waals surface area contributed by atoms with Crippen molar-refractivity contribution in [3.63, 3.8) is 0 Å². The average Bonchev–Trinajstić information content (AvgIpc) is 3.74. The van der Waals surface area contributed by atoms with Crippen molar-refractivity contribution in [3.05, 3.63) is 158 Å². The van der Waals surface area contributed by atoms with Crippen molar-refractivity contribution in [1.29, 1.82) is 0 Å². The molecule has 0 saturated heterocycles. The quantitative estimate of drug-likeness (QED) is 0.0146. The molecule has 0 saturated carbocycles. The molecule has 93 heavy (non-hydrogen) atoms. The van der Waals surface area contributed by atoms with Gasteiger partial charge in [-0.3, -0.25) is 32.5 Å². The second-order valence-corrected chi connectivity index (χ2v) is 25.5. The highest BCUT2D eigenvalue weighted by atomic mass is 31.2. The monoisotopic (exact) mass is 1340 g/mol. The molecule has 0 aromatic heterocycles. The van der Waals surface area contributed by atoms with Crippen LogP contribution < -0.4 is 0 Å². The number of hydrogen-bond acceptors (Lipinski definition) is 14. The first-order chi connectivity index (χ1) is 45.2. The Bertz CT molecular complexity index is 2320. The summed E-state index contributed by atoms with van der Waals surface area (Å²) in [7, 11) is -9.81. The van der Waals surface area contributed by atoms with E-state index < -0.39 is 91.5 Å². The summed E-state index contributed by atoms with van der Waals surface area (Å²) in [5.41, 5.74) is 0. The Morgan fingerprint density at radius 2 is 0.591 bits per heavy atom. The van der Waals surface area contributed by atoms with Crippen LogP contribution in [0.25, 0.3) is 0 Å². The molecule has 0 aromatic carbocycles. The van der Waals surface area contributed by atoms with Gasteiger partial charge in [0.25, 0.3) is 0 Å². The fraction of sp³-hybridized carbons (Fsp3) is 0.613. The molecule has 0 aromatic rings. The lowest BCUT2D eigenvalue weighted by atomic mass is 10.1. The average molecular weight is 1340 g/mol. The molecule has 0 aliphatic carbocycles. The van der Waals surface area contributed by atoms with Crippen LogP contribution in [0.4, 0.5) is 0 Å². The third kappa shape index (κ3) is 68.4. The van der Waals surface area contributed by atoms with Crippen LogP contribution in [0, 0.1) is 0 Å². The van der Waals surface area contributed by atoms with Crippen molar-refractivity contribution in [2.24, 2.45) is 0 Å². The zero-order valence-corrected chi connectivity index (χ0v) is 58.9. The van der Waals surface area contributed by atoms with Gasteiger partial charge in [0, 0.05) is 19.3 Å². The molecule has 5 unspecified atom stereocenters. The van der Waals surface area contributed by atoms with Crippen LogP contribution >= 0.6 is 15.6 Å². The van der Waals surface area contributed by atoms with Gasteiger partial charge >= 0.3 is 33.6 Å². The molecule has 0 fully saturated rings. The summed E-state index contributed by atoms with van der Waals surface area (Å²) in [6.45, 7) is 2.23. The lowest BCUT2D eigenvalue weighted by Gasteiger charge is -2.21. The standard InChI is InChI=1S/C75H122O16P2/c1-4-7-10-13-16-19-22-25-27-29-31-32-33-34-35-36-38-40-41-44-46-49-52-55-58-61-73(78)85-64-70(76)65-87-92(81,82)88-66-71(77)67-89-93(83,84)90-69-72(91-75(80)63-60-57-54-51-48-43-24-21-18-15-12-9-6-3)68-86-74(79)62-59-56-53-50-47-45-42-39-37-30-28-26-23-20-17-14-11-8-5-2/h7-8,10-12,15-17,19-21,24-28,31-32,34-35,37,39,45,47,53,56,70-72,76-77H,4-6,9,13-14,18,22-23,29-30,33,36,38,40-44,46,48-52,54-55,57-69H2,1-3H3,(H,81,82)(H,83,84)/b10-7-,11-8-,15-12-,19-16-,20-17-,24-21-,27-25-,28-26-,32-31-,35-34-,39-37-,47-45-,56-53-. The first kappa shape index (κ1) is 88.2. The molecule has 0 radical (unpaired) electrons. The van der Waals surface area contributed by atoms with Crippen molar-refractivity contribution in [2.75, 3.05) is 39.6 Å². The number of hydrogen-bond donors (Lipinski definition) is 4. The van der Waals surface area contributed by atoms with E-state index in [-0.39, 0.29) is 19.3 Å². The zero-order chi connectivity index (χ0) is 68.1. The van der Waals surface area contributed by atoms with Gasteiger partial charge in [0.2, 0.25) is 0 Å². The van der Waals surface area contributed by atoms with E-state index in [4.69, 9.17) is 32.3 Å². The number of allylic oxidation sites excluding steroid dienone is 26. The molecule has 4 N–H and O–H groups in total. The summed E-state index contributed by atoms with van der Waals surface area (Å²) in [4.78, 5) is 58.3. The maximum absolute atomic E-state index is 12.9. The van der Waals surface area contributed by atoms with E-state index in [1.807, 2.05) is 18.2 Å². The third-order valence-electron chi connectivity index (χ3n) is 13.7. The Balaban J connectivity index is 4.65. The number of aliphatic hydroxyl groups is 2. The number of rotatable bonds is 64. The smallest absolute Gasteiger partial charge is 0.463 e. The van der Waals surface area contributed by atoms with Crippen molar-refractivity contribution < 1.29 is 75.8 Å². The van der Waals surface area contributed by atoms with Crippen molar-refractivity contribution in [1.82, 2.24) is 0 Å². The van der Waals surface area contributed by atoms with Gasteiger partial charge in [-0.1, -0.05) is 249 Å². The van der Waals surface area contributed by atoms with Crippen LogP contribution in [-0.2, 0) is 55.8 Å². The SMILES string of the molecule is CC/C=C\C/C=C\C/C=C\C/C=C\C/C=C\C/C=C\CCC(=O)OCC(COP(=O)(O)OCC(O)COP(=O)(O)OCC(O)COC(=O)CCCCCCCCCCC/C=C\C/C=C\C/C=C\C/C=C\C/C=C\CC)OC(=O)CCCCCCC/C=C\C/C=C\CCC. The highest BCUT2D eigenvalue weighted by Crippen LogP contribution is 2.45. The van der Waals surface area contributed by atoms with Gasteiger partial charge < -0.3 is 34.2 Å². The molecule has 528 valence electrons. The summed E-state index contributed by atoms with van der Waals surface area (Å²) in [5, 5.41) is 20.6. The van der Waals surface area contributed by atoms with Gasteiger partial charge in [0.05, 0.1) is 26.4 Å². The normalized spacial score (nSPS) is 15.1. The number of phosphoric ester groups is 2. The number of ether oxygens (including phenoxy) is 3. The lowest BCUT2D eigenvalue weighted by Crippen LogP contribution is -2.30. The van der Waals surface area contributed by atoms with Crippen LogP contribution in [0.3, 0.4) is 0 Å². The van der Waals surface area contributed by atoms with E-state index >= 15 is 0 Å². The molecular weight excluding hydrogens is 1220 g/mol. The Morgan fingerprint density at radius 1 is 0.312 bits per heavy atom. The van der Waals surface area contributed by atoms with Crippen LogP contribution in [0.15, 0.2) is 158 Å². The fourth-order valence-corrected chi connectivity index (χ4v) is 10.1. The number of unbranched alkanes of at least 4 members (excludes halogenated alkanes) is 15. The van der Waals surface area contributed by atoms with E-state index in [2.05, 4.69) is 161 Å². The highest BCUT2D eigenvalue weighted by molar-refractivity contribution is 7.47. The second kappa shape index (κ2) is 67.2. The highest BCUT2D eigenvalue weighted by Gasteiger charge is 2.29.